The Labute approximate surface area is 238 Å². The van der Waals surface area contributed by atoms with Gasteiger partial charge in [0.1, 0.15) is 11.0 Å². The van der Waals surface area contributed by atoms with Crippen molar-refractivity contribution in [3.8, 4) is 33.8 Å². The van der Waals surface area contributed by atoms with Crippen LogP contribution >= 0.6 is 11.3 Å². The summed E-state index contributed by atoms with van der Waals surface area (Å²) in [6, 6.07) is 50.8. The van der Waals surface area contributed by atoms with E-state index in [1.807, 2.05) is 0 Å². The van der Waals surface area contributed by atoms with Crippen molar-refractivity contribution in [2.75, 3.05) is 5.43 Å². The van der Waals surface area contributed by atoms with E-state index >= 15 is 0 Å². The molecule has 7 aromatic rings. The van der Waals surface area contributed by atoms with Crippen molar-refractivity contribution in [2.24, 2.45) is 0 Å². The van der Waals surface area contributed by atoms with Crippen LogP contribution in [0.4, 0.5) is 0 Å². The number of rotatable bonds is 7. The largest absolute Gasteiger partial charge is 0.311 e. The minimum Gasteiger partial charge on any atom is -0.311 e. The van der Waals surface area contributed by atoms with Crippen molar-refractivity contribution in [1.29, 1.82) is 0 Å². The average molecular weight is 534 g/mol. The maximum atomic E-state index is 5.24. The molecule has 2 aromatic heterocycles. The van der Waals surface area contributed by atoms with Crippen LogP contribution in [-0.2, 0) is 0 Å². The van der Waals surface area contributed by atoms with Crippen molar-refractivity contribution in [3.05, 3.63) is 162 Å². The molecule has 0 amide bonds. The quantitative estimate of drug-likeness (QED) is 0.221. The highest BCUT2D eigenvalue weighted by molar-refractivity contribution is 7.10. The summed E-state index contributed by atoms with van der Waals surface area (Å²) in [5.74, 6) is 0. The summed E-state index contributed by atoms with van der Waals surface area (Å²) in [4.78, 5) is 5.24. The molecule has 4 heteroatoms. The Morgan fingerprint density at radius 3 is 1.82 bits per heavy atom. The van der Waals surface area contributed by atoms with Gasteiger partial charge in [0.05, 0.1) is 17.1 Å². The van der Waals surface area contributed by atoms with Gasteiger partial charge < -0.3 is 5.43 Å². The van der Waals surface area contributed by atoms with Crippen molar-refractivity contribution >= 4 is 22.1 Å². The Bertz CT molecular complexity index is 1810. The van der Waals surface area contributed by atoms with Gasteiger partial charge in [-0.25, -0.2) is 4.98 Å². The summed E-state index contributed by atoms with van der Waals surface area (Å²) >= 11 is 1.69. The van der Waals surface area contributed by atoms with E-state index in [4.69, 9.17) is 4.98 Å². The summed E-state index contributed by atoms with van der Waals surface area (Å²) in [5, 5.41) is 5.63. The second-order valence-corrected chi connectivity index (χ2v) is 10.6. The summed E-state index contributed by atoms with van der Waals surface area (Å²) in [5.41, 5.74) is 11.7. The smallest absolute Gasteiger partial charge is 0.122 e. The first-order valence-electron chi connectivity index (χ1n) is 13.4. The number of fused-ring (bicyclic) bond motifs is 1. The predicted molar refractivity (Wildman–Crippen MR) is 168 cm³/mol. The van der Waals surface area contributed by atoms with E-state index in [2.05, 4.69) is 161 Å². The maximum Gasteiger partial charge on any atom is 0.122 e. The number of nitrogens with zero attached hydrogens (tertiary/aromatic N) is 2. The van der Waals surface area contributed by atoms with E-state index in [-0.39, 0.29) is 6.04 Å². The molecule has 0 spiro atoms. The van der Waals surface area contributed by atoms with Crippen LogP contribution in [0.2, 0.25) is 0 Å². The minimum absolute atomic E-state index is 0.146. The van der Waals surface area contributed by atoms with E-state index in [1.165, 1.54) is 10.8 Å². The summed E-state index contributed by atoms with van der Waals surface area (Å²) in [6.07, 6.45) is 0. The van der Waals surface area contributed by atoms with Gasteiger partial charge in [0.25, 0.3) is 0 Å². The van der Waals surface area contributed by atoms with Gasteiger partial charge in [-0.1, -0.05) is 133 Å². The molecule has 0 aliphatic carbocycles. The zero-order valence-corrected chi connectivity index (χ0v) is 22.6. The van der Waals surface area contributed by atoms with Crippen molar-refractivity contribution in [2.45, 2.75) is 6.04 Å². The van der Waals surface area contributed by atoms with Crippen molar-refractivity contribution in [1.82, 2.24) is 9.66 Å². The third kappa shape index (κ3) is 4.59. The standard InChI is InChI=1S/C36H27N3S/c1-4-14-27(15-5-1)33-23-24-34(28-16-6-2-7-17-28)39(33)38-35(29-18-8-3-9-19-29)36-37-32(25-40-36)31-22-12-20-26-13-10-11-21-30(26)31/h1-25,35,38H. The molecule has 3 nitrogen and oxygen atoms in total. The molecule has 7 rings (SSSR count). The molecule has 2 heterocycles. The molecule has 192 valence electrons. The van der Waals surface area contributed by atoms with Crippen LogP contribution in [0.25, 0.3) is 44.5 Å². The number of aromatic nitrogens is 2. The van der Waals surface area contributed by atoms with E-state index in [1.54, 1.807) is 11.3 Å². The van der Waals surface area contributed by atoms with Crippen LogP contribution in [-0.4, -0.2) is 9.66 Å². The first kappa shape index (κ1) is 24.1. The molecule has 0 radical (unpaired) electrons. The van der Waals surface area contributed by atoms with E-state index in [0.29, 0.717) is 0 Å². The Hall–Kier alpha value is -4.93. The predicted octanol–water partition coefficient (Wildman–Crippen LogP) is 9.43. The van der Waals surface area contributed by atoms with Crippen LogP contribution in [0.1, 0.15) is 16.6 Å². The normalized spacial score (nSPS) is 11.9. The van der Waals surface area contributed by atoms with E-state index < -0.39 is 0 Å². The highest BCUT2D eigenvalue weighted by atomic mass is 32.1. The van der Waals surface area contributed by atoms with Gasteiger partial charge in [-0.2, -0.15) is 0 Å². The van der Waals surface area contributed by atoms with Crippen LogP contribution in [0.15, 0.2) is 151 Å². The van der Waals surface area contributed by atoms with E-state index in [9.17, 15) is 0 Å². The van der Waals surface area contributed by atoms with Crippen LogP contribution in [0.5, 0.6) is 0 Å². The second kappa shape index (κ2) is 10.7. The zero-order valence-electron chi connectivity index (χ0n) is 21.8. The molecule has 1 unspecified atom stereocenters. The Morgan fingerprint density at radius 2 is 1.15 bits per heavy atom. The SMILES string of the molecule is c1ccc(-c2ccc(-c3ccccc3)n2NC(c2ccccc2)c2nc(-c3cccc4ccccc34)cs2)cc1. The molecular weight excluding hydrogens is 506 g/mol. The number of benzene rings is 5. The molecule has 0 saturated heterocycles. The molecule has 1 atom stereocenters. The topological polar surface area (TPSA) is 29.9 Å². The van der Waals surface area contributed by atoms with Gasteiger partial charge in [-0.3, -0.25) is 4.68 Å². The third-order valence-electron chi connectivity index (χ3n) is 7.25. The average Bonchev–Trinajstić information content (AvgIpc) is 3.69. The Kier molecular flexibility index (Phi) is 6.44. The molecule has 1 N–H and O–H groups in total. The lowest BCUT2D eigenvalue weighted by Crippen LogP contribution is -2.23. The second-order valence-electron chi connectivity index (χ2n) is 9.74. The third-order valence-corrected chi connectivity index (χ3v) is 8.16. The van der Waals surface area contributed by atoms with Gasteiger partial charge in [0, 0.05) is 22.1 Å². The van der Waals surface area contributed by atoms with Crippen LogP contribution in [0, 0.1) is 0 Å². The van der Waals surface area contributed by atoms with Crippen LogP contribution < -0.4 is 5.43 Å². The summed E-state index contributed by atoms with van der Waals surface area (Å²) in [7, 11) is 0. The van der Waals surface area contributed by atoms with Crippen molar-refractivity contribution in [3.63, 3.8) is 0 Å². The Morgan fingerprint density at radius 1 is 0.575 bits per heavy atom. The van der Waals surface area contributed by atoms with Gasteiger partial charge in [0.15, 0.2) is 0 Å². The van der Waals surface area contributed by atoms with Gasteiger partial charge in [-0.15, -0.1) is 11.3 Å². The van der Waals surface area contributed by atoms with Gasteiger partial charge in [-0.05, 0) is 28.5 Å². The monoisotopic (exact) mass is 533 g/mol. The highest BCUT2D eigenvalue weighted by Crippen LogP contribution is 2.35. The summed E-state index contributed by atoms with van der Waals surface area (Å²) in [6.45, 7) is 0. The zero-order chi connectivity index (χ0) is 26.7. The fraction of sp³-hybridized carbons (Fsp3) is 0.0278. The first-order valence-corrected chi connectivity index (χ1v) is 14.3. The van der Waals surface area contributed by atoms with Crippen molar-refractivity contribution < 1.29 is 0 Å². The molecule has 0 aliphatic heterocycles. The minimum atomic E-state index is -0.146. The lowest BCUT2D eigenvalue weighted by molar-refractivity contribution is 0.765. The molecule has 0 bridgehead atoms. The number of hydrogen-bond donors (Lipinski definition) is 1. The molecule has 0 fully saturated rings. The molecule has 0 aliphatic rings. The summed E-state index contributed by atoms with van der Waals surface area (Å²) < 4.78 is 2.22. The van der Waals surface area contributed by atoms with Gasteiger partial charge in [0.2, 0.25) is 0 Å². The fourth-order valence-electron chi connectivity index (χ4n) is 5.28. The lowest BCUT2D eigenvalue weighted by Gasteiger charge is -2.23. The fourth-order valence-corrected chi connectivity index (χ4v) is 6.17. The number of nitrogens with one attached hydrogen (secondary N) is 1. The van der Waals surface area contributed by atoms with Crippen LogP contribution in [0.3, 0.4) is 0 Å². The lowest BCUT2D eigenvalue weighted by atomic mass is 10.0. The number of hydrogen-bond acceptors (Lipinski definition) is 3. The first-order chi connectivity index (χ1) is 19.8. The molecule has 40 heavy (non-hydrogen) atoms. The van der Waals surface area contributed by atoms with Gasteiger partial charge >= 0.3 is 0 Å². The molecule has 5 aromatic carbocycles. The van der Waals surface area contributed by atoms with E-state index in [0.717, 1.165) is 44.3 Å². The Balaban J connectivity index is 1.36. The maximum absolute atomic E-state index is 5.24. The highest BCUT2D eigenvalue weighted by Gasteiger charge is 2.22. The molecule has 0 saturated carbocycles. The molecular formula is C36H27N3S. The number of thiazole rings is 1.